The Hall–Kier alpha value is -3.00. The van der Waals surface area contributed by atoms with Crippen molar-refractivity contribution in [3.63, 3.8) is 0 Å². The molecule has 1 saturated heterocycles. The molecule has 0 bridgehead atoms. The van der Waals surface area contributed by atoms with Crippen LogP contribution in [0.15, 0.2) is 54.9 Å². The van der Waals surface area contributed by atoms with Gasteiger partial charge in [-0.05, 0) is 30.7 Å². The van der Waals surface area contributed by atoms with Gasteiger partial charge in [-0.3, -0.25) is 9.78 Å². The SMILES string of the molecule is O=C(NC1CCS(=O)(=O)C1)c1ccc(Nc2cccc3cccnc23)cn1. The molecule has 27 heavy (non-hydrogen) atoms. The van der Waals surface area contributed by atoms with Crippen LogP contribution in [-0.2, 0) is 9.84 Å². The highest BCUT2D eigenvalue weighted by Crippen LogP contribution is 2.24. The van der Waals surface area contributed by atoms with Gasteiger partial charge in [-0.25, -0.2) is 13.4 Å². The van der Waals surface area contributed by atoms with Crippen LogP contribution >= 0.6 is 0 Å². The fourth-order valence-corrected chi connectivity index (χ4v) is 4.80. The Kier molecular flexibility index (Phi) is 4.49. The maximum Gasteiger partial charge on any atom is 0.270 e. The van der Waals surface area contributed by atoms with Gasteiger partial charge in [0.1, 0.15) is 5.69 Å². The second-order valence-electron chi connectivity index (χ2n) is 6.51. The highest BCUT2D eigenvalue weighted by Gasteiger charge is 2.29. The van der Waals surface area contributed by atoms with Gasteiger partial charge < -0.3 is 10.6 Å². The number of nitrogens with zero attached hydrogens (tertiary/aromatic N) is 2. The van der Waals surface area contributed by atoms with Crippen molar-refractivity contribution >= 4 is 38.0 Å². The number of carbonyl (C=O) groups excluding carboxylic acids is 1. The predicted molar refractivity (Wildman–Crippen MR) is 104 cm³/mol. The zero-order chi connectivity index (χ0) is 18.9. The number of nitrogens with one attached hydrogen (secondary N) is 2. The average molecular weight is 382 g/mol. The van der Waals surface area contributed by atoms with E-state index in [4.69, 9.17) is 0 Å². The standard InChI is InChI=1S/C19H18N4O3S/c24-19(23-15-8-10-27(25,26)12-15)17-7-6-14(11-21-17)22-16-5-1-3-13-4-2-9-20-18(13)16/h1-7,9,11,15,22H,8,10,12H2,(H,23,24). The minimum absolute atomic E-state index is 0.00748. The Morgan fingerprint density at radius 2 is 1.93 bits per heavy atom. The molecule has 2 N–H and O–H groups in total. The summed E-state index contributed by atoms with van der Waals surface area (Å²) in [5, 5.41) is 7.02. The number of aromatic nitrogens is 2. The van der Waals surface area contributed by atoms with Crippen LogP contribution in [0.25, 0.3) is 10.9 Å². The number of sulfone groups is 1. The summed E-state index contributed by atoms with van der Waals surface area (Å²) in [6, 6.07) is 12.8. The van der Waals surface area contributed by atoms with E-state index in [-0.39, 0.29) is 29.1 Å². The summed E-state index contributed by atoms with van der Waals surface area (Å²) in [6.45, 7) is 0. The second-order valence-corrected chi connectivity index (χ2v) is 8.74. The molecule has 1 atom stereocenters. The van der Waals surface area contributed by atoms with E-state index in [1.165, 1.54) is 0 Å². The summed E-state index contributed by atoms with van der Waals surface area (Å²) >= 11 is 0. The molecule has 1 fully saturated rings. The molecular formula is C19H18N4O3S. The molecule has 1 amide bonds. The van der Waals surface area contributed by atoms with Crippen molar-refractivity contribution in [3.05, 3.63) is 60.6 Å². The van der Waals surface area contributed by atoms with Crippen molar-refractivity contribution in [3.8, 4) is 0 Å². The van der Waals surface area contributed by atoms with Crippen molar-refractivity contribution in [1.29, 1.82) is 0 Å². The number of benzene rings is 1. The van der Waals surface area contributed by atoms with Crippen LogP contribution in [0.3, 0.4) is 0 Å². The lowest BCUT2D eigenvalue weighted by atomic mass is 10.2. The molecular weight excluding hydrogens is 364 g/mol. The van der Waals surface area contributed by atoms with Crippen LogP contribution < -0.4 is 10.6 Å². The first-order valence-corrected chi connectivity index (χ1v) is 10.4. The summed E-state index contributed by atoms with van der Waals surface area (Å²) in [5.74, 6) is -0.254. The van der Waals surface area contributed by atoms with Crippen LogP contribution in [0.5, 0.6) is 0 Å². The van der Waals surface area contributed by atoms with Crippen LogP contribution in [0.2, 0.25) is 0 Å². The highest BCUT2D eigenvalue weighted by atomic mass is 32.2. The van der Waals surface area contributed by atoms with E-state index in [1.807, 2.05) is 30.3 Å². The largest absolute Gasteiger partial charge is 0.352 e. The Labute approximate surface area is 156 Å². The fourth-order valence-electron chi connectivity index (χ4n) is 3.13. The predicted octanol–water partition coefficient (Wildman–Crippen LogP) is 2.29. The molecule has 2 aromatic heterocycles. The van der Waals surface area contributed by atoms with E-state index in [1.54, 1.807) is 24.5 Å². The lowest BCUT2D eigenvalue weighted by Gasteiger charge is -2.11. The van der Waals surface area contributed by atoms with Gasteiger partial charge in [0.05, 0.1) is 34.6 Å². The first-order chi connectivity index (χ1) is 13.0. The number of rotatable bonds is 4. The number of fused-ring (bicyclic) bond motifs is 1. The van der Waals surface area contributed by atoms with Crippen molar-refractivity contribution in [2.75, 3.05) is 16.8 Å². The van der Waals surface area contributed by atoms with E-state index in [2.05, 4.69) is 20.6 Å². The van der Waals surface area contributed by atoms with Gasteiger partial charge in [0.15, 0.2) is 9.84 Å². The number of carbonyl (C=O) groups is 1. The Balaban J connectivity index is 1.46. The van der Waals surface area contributed by atoms with Crippen molar-refractivity contribution < 1.29 is 13.2 Å². The zero-order valence-corrected chi connectivity index (χ0v) is 15.2. The molecule has 1 unspecified atom stereocenters. The third-order valence-corrected chi connectivity index (χ3v) is 6.24. The number of anilines is 2. The topological polar surface area (TPSA) is 101 Å². The number of hydrogen-bond donors (Lipinski definition) is 2. The molecule has 1 aliphatic heterocycles. The molecule has 0 spiro atoms. The van der Waals surface area contributed by atoms with E-state index >= 15 is 0 Å². The Morgan fingerprint density at radius 1 is 1.07 bits per heavy atom. The summed E-state index contributed by atoms with van der Waals surface area (Å²) in [7, 11) is -3.03. The van der Waals surface area contributed by atoms with Gasteiger partial charge in [0, 0.05) is 17.6 Å². The summed E-state index contributed by atoms with van der Waals surface area (Å²) in [5.41, 5.74) is 2.68. The van der Waals surface area contributed by atoms with Crippen molar-refractivity contribution in [1.82, 2.24) is 15.3 Å². The van der Waals surface area contributed by atoms with E-state index in [9.17, 15) is 13.2 Å². The van der Waals surface area contributed by atoms with Crippen LogP contribution in [0.1, 0.15) is 16.9 Å². The smallest absolute Gasteiger partial charge is 0.270 e. The van der Waals surface area contributed by atoms with Gasteiger partial charge in [0.25, 0.3) is 5.91 Å². The maximum atomic E-state index is 12.3. The minimum Gasteiger partial charge on any atom is -0.352 e. The zero-order valence-electron chi connectivity index (χ0n) is 14.4. The minimum atomic E-state index is -3.03. The molecule has 7 nitrogen and oxygen atoms in total. The van der Waals surface area contributed by atoms with Gasteiger partial charge in [-0.15, -0.1) is 0 Å². The van der Waals surface area contributed by atoms with E-state index < -0.39 is 9.84 Å². The van der Waals surface area contributed by atoms with Gasteiger partial charge in [-0.2, -0.15) is 0 Å². The molecule has 0 saturated carbocycles. The average Bonchev–Trinajstić information content (AvgIpc) is 3.01. The van der Waals surface area contributed by atoms with Crippen LogP contribution in [0.4, 0.5) is 11.4 Å². The molecule has 3 aromatic rings. The lowest BCUT2D eigenvalue weighted by molar-refractivity contribution is 0.0936. The molecule has 0 aliphatic carbocycles. The molecule has 8 heteroatoms. The summed E-state index contributed by atoms with van der Waals surface area (Å²) < 4.78 is 23.0. The van der Waals surface area contributed by atoms with Crippen LogP contribution in [0, 0.1) is 0 Å². The molecule has 138 valence electrons. The summed E-state index contributed by atoms with van der Waals surface area (Å²) in [4.78, 5) is 20.8. The molecule has 1 aromatic carbocycles. The molecule has 4 rings (SSSR count). The van der Waals surface area contributed by atoms with E-state index in [0.717, 1.165) is 22.3 Å². The van der Waals surface area contributed by atoms with Gasteiger partial charge in [-0.1, -0.05) is 18.2 Å². The normalized spacial score (nSPS) is 18.3. The quantitative estimate of drug-likeness (QED) is 0.718. The summed E-state index contributed by atoms with van der Waals surface area (Å²) in [6.07, 6.45) is 3.76. The second kappa shape index (κ2) is 6.96. The fraction of sp³-hybridized carbons (Fsp3) is 0.211. The van der Waals surface area contributed by atoms with Gasteiger partial charge in [0.2, 0.25) is 0 Å². The number of para-hydroxylation sites is 1. The van der Waals surface area contributed by atoms with Crippen molar-refractivity contribution in [2.24, 2.45) is 0 Å². The third kappa shape index (κ3) is 3.90. The molecule has 1 aliphatic rings. The Bertz CT molecular complexity index is 1090. The molecule has 3 heterocycles. The first kappa shape index (κ1) is 17.4. The van der Waals surface area contributed by atoms with E-state index in [0.29, 0.717) is 6.42 Å². The number of hydrogen-bond acceptors (Lipinski definition) is 6. The maximum absolute atomic E-state index is 12.3. The monoisotopic (exact) mass is 382 g/mol. The lowest BCUT2D eigenvalue weighted by Crippen LogP contribution is -2.36. The van der Waals surface area contributed by atoms with Gasteiger partial charge >= 0.3 is 0 Å². The number of amides is 1. The highest BCUT2D eigenvalue weighted by molar-refractivity contribution is 7.91. The van der Waals surface area contributed by atoms with Crippen molar-refractivity contribution in [2.45, 2.75) is 12.5 Å². The number of pyridine rings is 2. The third-order valence-electron chi connectivity index (χ3n) is 4.48. The van der Waals surface area contributed by atoms with Crippen LogP contribution in [-0.4, -0.2) is 41.8 Å². The first-order valence-electron chi connectivity index (χ1n) is 8.58. The Morgan fingerprint density at radius 3 is 2.67 bits per heavy atom. The molecule has 0 radical (unpaired) electrons.